The molecule has 1 N–H and O–H groups in total. The van der Waals surface area contributed by atoms with Gasteiger partial charge in [0.1, 0.15) is 5.82 Å². The SMILES string of the molecule is CNc1ccc(Cl)c(CSc2ccc(Br)cc2)n1. The number of rotatable bonds is 4. The molecule has 0 atom stereocenters. The largest absolute Gasteiger partial charge is 0.373 e. The number of hydrogen-bond acceptors (Lipinski definition) is 3. The van der Waals surface area contributed by atoms with Crippen LogP contribution in [-0.2, 0) is 5.75 Å². The van der Waals surface area contributed by atoms with E-state index in [2.05, 4.69) is 38.4 Å². The third-order valence-corrected chi connectivity index (χ3v) is 4.26. The van der Waals surface area contributed by atoms with Gasteiger partial charge in [-0.15, -0.1) is 11.8 Å². The maximum absolute atomic E-state index is 6.13. The van der Waals surface area contributed by atoms with E-state index in [1.807, 2.05) is 31.3 Å². The first-order valence-corrected chi connectivity index (χ1v) is 7.56. The van der Waals surface area contributed by atoms with Crippen molar-refractivity contribution in [3.63, 3.8) is 0 Å². The van der Waals surface area contributed by atoms with E-state index in [4.69, 9.17) is 11.6 Å². The third kappa shape index (κ3) is 3.64. The number of hydrogen-bond donors (Lipinski definition) is 1. The van der Waals surface area contributed by atoms with E-state index in [1.165, 1.54) is 4.90 Å². The first-order chi connectivity index (χ1) is 8.69. The fourth-order valence-corrected chi connectivity index (χ4v) is 2.77. The van der Waals surface area contributed by atoms with E-state index < -0.39 is 0 Å². The second-order valence-electron chi connectivity index (χ2n) is 3.62. The lowest BCUT2D eigenvalue weighted by Crippen LogP contribution is -1.96. The smallest absolute Gasteiger partial charge is 0.126 e. The van der Waals surface area contributed by atoms with Crippen molar-refractivity contribution in [2.45, 2.75) is 10.6 Å². The monoisotopic (exact) mass is 342 g/mol. The van der Waals surface area contributed by atoms with E-state index in [0.717, 1.165) is 21.7 Å². The van der Waals surface area contributed by atoms with Crippen LogP contribution in [0, 0.1) is 0 Å². The molecule has 0 saturated heterocycles. The Morgan fingerprint density at radius 2 is 1.94 bits per heavy atom. The summed E-state index contributed by atoms with van der Waals surface area (Å²) in [5.74, 6) is 1.60. The number of halogens is 2. The fraction of sp³-hybridized carbons (Fsp3) is 0.154. The Bertz CT molecular complexity index is 531. The average molecular weight is 344 g/mol. The molecule has 2 nitrogen and oxygen atoms in total. The summed E-state index contributed by atoms with van der Waals surface area (Å²) in [5.41, 5.74) is 0.899. The summed E-state index contributed by atoms with van der Waals surface area (Å²) in [5, 5.41) is 3.72. The van der Waals surface area contributed by atoms with Crippen molar-refractivity contribution < 1.29 is 0 Å². The van der Waals surface area contributed by atoms with Crippen molar-refractivity contribution in [1.82, 2.24) is 4.98 Å². The number of benzene rings is 1. The molecule has 0 bridgehead atoms. The summed E-state index contributed by atoms with van der Waals surface area (Å²) in [6.45, 7) is 0. The fourth-order valence-electron chi connectivity index (χ4n) is 1.41. The molecular weight excluding hydrogens is 332 g/mol. The highest BCUT2D eigenvalue weighted by molar-refractivity contribution is 9.10. The molecule has 94 valence electrons. The molecule has 0 aliphatic heterocycles. The van der Waals surface area contributed by atoms with E-state index in [-0.39, 0.29) is 0 Å². The summed E-state index contributed by atoms with van der Waals surface area (Å²) in [6, 6.07) is 12.0. The quantitative estimate of drug-likeness (QED) is 0.805. The van der Waals surface area contributed by atoms with Crippen LogP contribution < -0.4 is 5.32 Å². The Balaban J connectivity index is 2.07. The molecule has 1 aromatic carbocycles. The normalized spacial score (nSPS) is 10.4. The number of thioether (sulfide) groups is 1. The van der Waals surface area contributed by atoms with Crippen LogP contribution in [0.15, 0.2) is 45.8 Å². The van der Waals surface area contributed by atoms with Gasteiger partial charge in [0.15, 0.2) is 0 Å². The summed E-state index contributed by atoms with van der Waals surface area (Å²) in [4.78, 5) is 5.65. The maximum Gasteiger partial charge on any atom is 0.126 e. The zero-order valence-electron chi connectivity index (χ0n) is 9.78. The van der Waals surface area contributed by atoms with Crippen molar-refractivity contribution in [1.29, 1.82) is 0 Å². The van der Waals surface area contributed by atoms with Crippen LogP contribution in [0.1, 0.15) is 5.69 Å². The van der Waals surface area contributed by atoms with Gasteiger partial charge < -0.3 is 5.32 Å². The van der Waals surface area contributed by atoms with Crippen molar-refractivity contribution in [3.05, 3.63) is 51.6 Å². The van der Waals surface area contributed by atoms with E-state index in [9.17, 15) is 0 Å². The van der Waals surface area contributed by atoms with Crippen molar-refractivity contribution >= 4 is 45.1 Å². The van der Waals surface area contributed by atoms with Crippen LogP contribution in [0.25, 0.3) is 0 Å². The molecule has 0 aliphatic carbocycles. The first kappa shape index (κ1) is 13.7. The van der Waals surface area contributed by atoms with E-state index in [1.54, 1.807) is 11.8 Å². The molecule has 0 spiro atoms. The molecule has 0 unspecified atom stereocenters. The van der Waals surface area contributed by atoms with Crippen molar-refractivity contribution in [2.24, 2.45) is 0 Å². The van der Waals surface area contributed by atoms with Crippen LogP contribution >= 0.6 is 39.3 Å². The Kier molecular flexibility index (Phi) is 4.92. The van der Waals surface area contributed by atoms with Gasteiger partial charge in [0.25, 0.3) is 0 Å². The number of anilines is 1. The lowest BCUT2D eigenvalue weighted by molar-refractivity contribution is 1.16. The minimum atomic E-state index is 0.707. The Labute approximate surface area is 124 Å². The Morgan fingerprint density at radius 1 is 1.22 bits per heavy atom. The second kappa shape index (κ2) is 6.45. The van der Waals surface area contributed by atoms with Gasteiger partial charge in [-0.2, -0.15) is 0 Å². The van der Waals surface area contributed by atoms with Crippen LogP contribution in [0.5, 0.6) is 0 Å². The van der Waals surface area contributed by atoms with Crippen molar-refractivity contribution in [3.8, 4) is 0 Å². The molecule has 2 rings (SSSR count). The highest BCUT2D eigenvalue weighted by atomic mass is 79.9. The molecule has 1 aromatic heterocycles. The minimum absolute atomic E-state index is 0.707. The number of nitrogens with one attached hydrogen (secondary N) is 1. The zero-order valence-corrected chi connectivity index (χ0v) is 12.9. The van der Waals surface area contributed by atoms with Crippen molar-refractivity contribution in [2.75, 3.05) is 12.4 Å². The molecule has 0 amide bonds. The van der Waals surface area contributed by atoms with Gasteiger partial charge in [0, 0.05) is 22.2 Å². The summed E-state index contributed by atoms with van der Waals surface area (Å²) in [6.07, 6.45) is 0. The minimum Gasteiger partial charge on any atom is -0.373 e. The van der Waals surface area contributed by atoms with Gasteiger partial charge in [-0.3, -0.25) is 0 Å². The number of nitrogens with zero attached hydrogens (tertiary/aromatic N) is 1. The summed E-state index contributed by atoms with van der Waals surface area (Å²) in [7, 11) is 1.85. The predicted octanol–water partition coefficient (Wildman–Crippen LogP) is 4.83. The van der Waals surface area contributed by atoms with Gasteiger partial charge >= 0.3 is 0 Å². The van der Waals surface area contributed by atoms with Crippen LogP contribution in [0.3, 0.4) is 0 Å². The molecule has 0 saturated carbocycles. The number of pyridine rings is 1. The summed E-state index contributed by atoms with van der Waals surface area (Å²) < 4.78 is 1.08. The average Bonchev–Trinajstić information content (AvgIpc) is 2.40. The van der Waals surface area contributed by atoms with Crippen LogP contribution in [0.2, 0.25) is 5.02 Å². The third-order valence-electron chi connectivity index (χ3n) is 2.36. The van der Waals surface area contributed by atoms with Gasteiger partial charge in [0.05, 0.1) is 10.7 Å². The molecule has 0 aliphatic rings. The highest BCUT2D eigenvalue weighted by Crippen LogP contribution is 2.27. The van der Waals surface area contributed by atoms with E-state index in [0.29, 0.717) is 5.02 Å². The van der Waals surface area contributed by atoms with Crippen LogP contribution in [-0.4, -0.2) is 12.0 Å². The predicted molar refractivity (Wildman–Crippen MR) is 82.5 cm³/mol. The van der Waals surface area contributed by atoms with Crippen LogP contribution in [0.4, 0.5) is 5.82 Å². The number of aromatic nitrogens is 1. The maximum atomic E-state index is 6.13. The lowest BCUT2D eigenvalue weighted by atomic mass is 10.3. The topological polar surface area (TPSA) is 24.9 Å². The first-order valence-electron chi connectivity index (χ1n) is 5.40. The van der Waals surface area contributed by atoms with E-state index >= 15 is 0 Å². The Morgan fingerprint density at radius 3 is 2.61 bits per heavy atom. The van der Waals surface area contributed by atoms with Gasteiger partial charge in [0.2, 0.25) is 0 Å². The second-order valence-corrected chi connectivity index (χ2v) is 5.99. The molecule has 0 radical (unpaired) electrons. The molecular formula is C13H12BrClN2S. The standard InChI is InChI=1S/C13H12BrClN2S/c1-16-13-7-6-11(15)12(17-13)8-18-10-4-2-9(14)3-5-10/h2-7H,8H2,1H3,(H,16,17). The summed E-state index contributed by atoms with van der Waals surface area (Å²) >= 11 is 11.3. The lowest BCUT2D eigenvalue weighted by Gasteiger charge is -2.06. The molecule has 5 heteroatoms. The van der Waals surface area contributed by atoms with Gasteiger partial charge in [-0.25, -0.2) is 4.98 Å². The molecule has 1 heterocycles. The Hall–Kier alpha value is -0.710. The highest BCUT2D eigenvalue weighted by Gasteiger charge is 2.04. The zero-order chi connectivity index (χ0) is 13.0. The molecule has 0 fully saturated rings. The van der Waals surface area contributed by atoms with Gasteiger partial charge in [-0.05, 0) is 36.4 Å². The van der Waals surface area contributed by atoms with Gasteiger partial charge in [-0.1, -0.05) is 27.5 Å². The molecule has 18 heavy (non-hydrogen) atoms. The molecule has 2 aromatic rings.